The average molecular weight is 339 g/mol. The third-order valence-electron chi connectivity index (χ3n) is 5.22. The summed E-state index contributed by atoms with van der Waals surface area (Å²) in [5.74, 6) is 0.198. The quantitative estimate of drug-likeness (QED) is 0.841. The summed E-state index contributed by atoms with van der Waals surface area (Å²) in [6.45, 7) is 8.33. The molecule has 0 saturated heterocycles. The molecule has 0 N–H and O–H groups in total. The van der Waals surface area contributed by atoms with Crippen LogP contribution in [-0.2, 0) is 24.3 Å². The van der Waals surface area contributed by atoms with Gasteiger partial charge >= 0.3 is 0 Å². The van der Waals surface area contributed by atoms with Crippen LogP contribution in [0.4, 0.5) is 0 Å². The predicted molar refractivity (Wildman–Crippen MR) is 94.8 cm³/mol. The summed E-state index contributed by atoms with van der Waals surface area (Å²) in [5, 5.41) is 13.3. The second kappa shape index (κ2) is 7.14. The number of carbonyl (C=O) groups is 1. The van der Waals surface area contributed by atoms with Gasteiger partial charge in [-0.2, -0.15) is 10.4 Å². The van der Waals surface area contributed by atoms with Crippen LogP contribution in [-0.4, -0.2) is 31.7 Å². The van der Waals surface area contributed by atoms with Gasteiger partial charge in [0.05, 0.1) is 30.8 Å². The zero-order chi connectivity index (χ0) is 18.0. The first kappa shape index (κ1) is 17.3. The Balaban J connectivity index is 1.65. The Hall–Kier alpha value is -2.55. The van der Waals surface area contributed by atoms with E-state index in [0.29, 0.717) is 25.8 Å². The minimum atomic E-state index is 0.122. The summed E-state index contributed by atoms with van der Waals surface area (Å²) in [7, 11) is 0. The fourth-order valence-electron chi connectivity index (χ4n) is 3.76. The average Bonchev–Trinajstić information content (AvgIpc) is 3.17. The molecule has 0 aliphatic carbocycles. The van der Waals surface area contributed by atoms with Crippen molar-refractivity contribution in [2.45, 2.75) is 59.2 Å². The van der Waals surface area contributed by atoms with Crippen LogP contribution in [0.1, 0.15) is 48.5 Å². The molecule has 1 aliphatic heterocycles. The Labute approximate surface area is 148 Å². The van der Waals surface area contributed by atoms with Gasteiger partial charge in [0.1, 0.15) is 0 Å². The molecule has 1 amide bonds. The first-order chi connectivity index (χ1) is 12.0. The standard InChI is InChI=1S/C19H25N5O/c1-14-17(15(2)24(21-14)11-5-9-20)7-8-19(25)23-13-12-22-10-4-6-18(22)16(23)3/h4,6,10,16H,5,7-8,11-13H2,1-3H3. The van der Waals surface area contributed by atoms with E-state index in [1.54, 1.807) is 0 Å². The van der Waals surface area contributed by atoms with Crippen molar-refractivity contribution in [3.63, 3.8) is 0 Å². The van der Waals surface area contributed by atoms with E-state index in [9.17, 15) is 4.79 Å². The van der Waals surface area contributed by atoms with Gasteiger partial charge in [-0.1, -0.05) is 0 Å². The lowest BCUT2D eigenvalue weighted by molar-refractivity contribution is -0.134. The van der Waals surface area contributed by atoms with Gasteiger partial charge in [0.2, 0.25) is 5.91 Å². The SMILES string of the molecule is Cc1nn(CCC#N)c(C)c1CCC(=O)N1CCn2cccc2C1C. The molecule has 6 heteroatoms. The Morgan fingerprint density at radius 3 is 2.96 bits per heavy atom. The summed E-state index contributed by atoms with van der Waals surface area (Å²) in [6, 6.07) is 6.41. The minimum absolute atomic E-state index is 0.122. The van der Waals surface area contributed by atoms with E-state index in [-0.39, 0.29) is 11.9 Å². The number of fused-ring (bicyclic) bond motifs is 1. The molecule has 6 nitrogen and oxygen atoms in total. The van der Waals surface area contributed by atoms with Gasteiger partial charge < -0.3 is 9.47 Å². The van der Waals surface area contributed by atoms with Crippen LogP contribution in [0.15, 0.2) is 18.3 Å². The number of hydrogen-bond acceptors (Lipinski definition) is 3. The summed E-state index contributed by atoms with van der Waals surface area (Å²) in [4.78, 5) is 14.7. The summed E-state index contributed by atoms with van der Waals surface area (Å²) in [5.41, 5.74) is 4.38. The van der Waals surface area contributed by atoms with E-state index < -0.39 is 0 Å². The number of rotatable bonds is 5. The fourth-order valence-corrected chi connectivity index (χ4v) is 3.76. The first-order valence-electron chi connectivity index (χ1n) is 8.87. The van der Waals surface area contributed by atoms with E-state index >= 15 is 0 Å². The molecule has 1 atom stereocenters. The second-order valence-electron chi connectivity index (χ2n) is 6.67. The molecule has 0 fully saturated rings. The first-order valence-corrected chi connectivity index (χ1v) is 8.87. The lowest BCUT2D eigenvalue weighted by Gasteiger charge is -2.35. The Bertz CT molecular complexity index is 810. The van der Waals surface area contributed by atoms with Crippen molar-refractivity contribution >= 4 is 5.91 Å². The zero-order valence-electron chi connectivity index (χ0n) is 15.2. The molecule has 3 heterocycles. The highest BCUT2D eigenvalue weighted by Crippen LogP contribution is 2.26. The monoisotopic (exact) mass is 339 g/mol. The summed E-state index contributed by atoms with van der Waals surface area (Å²) >= 11 is 0. The van der Waals surface area contributed by atoms with Crippen molar-refractivity contribution in [2.75, 3.05) is 6.54 Å². The van der Waals surface area contributed by atoms with Gasteiger partial charge in [0.25, 0.3) is 0 Å². The summed E-state index contributed by atoms with van der Waals surface area (Å²) in [6.07, 6.45) is 3.73. The maximum Gasteiger partial charge on any atom is 0.223 e. The zero-order valence-corrected chi connectivity index (χ0v) is 15.2. The largest absolute Gasteiger partial charge is 0.348 e. The normalized spacial score (nSPS) is 16.6. The molecule has 0 bridgehead atoms. The molecule has 1 unspecified atom stereocenters. The fraction of sp³-hybridized carbons (Fsp3) is 0.526. The minimum Gasteiger partial charge on any atom is -0.348 e. The van der Waals surface area contributed by atoms with Gasteiger partial charge in [-0.05, 0) is 44.9 Å². The molecule has 2 aromatic heterocycles. The lowest BCUT2D eigenvalue weighted by Crippen LogP contribution is -2.40. The van der Waals surface area contributed by atoms with E-state index in [1.165, 1.54) is 5.69 Å². The van der Waals surface area contributed by atoms with Crippen LogP contribution in [0, 0.1) is 25.2 Å². The van der Waals surface area contributed by atoms with Crippen molar-refractivity contribution in [1.82, 2.24) is 19.2 Å². The molecule has 0 aromatic carbocycles. The van der Waals surface area contributed by atoms with Crippen LogP contribution in [0.3, 0.4) is 0 Å². The van der Waals surface area contributed by atoms with Gasteiger partial charge in [0, 0.05) is 37.1 Å². The molecule has 0 saturated carbocycles. The molecule has 25 heavy (non-hydrogen) atoms. The van der Waals surface area contributed by atoms with Crippen LogP contribution in [0.25, 0.3) is 0 Å². The Morgan fingerprint density at radius 1 is 1.40 bits per heavy atom. The highest BCUT2D eigenvalue weighted by Gasteiger charge is 2.27. The van der Waals surface area contributed by atoms with Crippen molar-refractivity contribution in [2.24, 2.45) is 0 Å². The number of nitrogens with zero attached hydrogens (tertiary/aromatic N) is 5. The highest BCUT2D eigenvalue weighted by atomic mass is 16.2. The van der Waals surface area contributed by atoms with Crippen LogP contribution in [0.5, 0.6) is 0 Å². The van der Waals surface area contributed by atoms with Gasteiger partial charge in [0.15, 0.2) is 0 Å². The Kier molecular flexibility index (Phi) is 4.93. The number of carbonyl (C=O) groups excluding carboxylic acids is 1. The number of aromatic nitrogens is 3. The Morgan fingerprint density at radius 2 is 2.20 bits per heavy atom. The van der Waals surface area contributed by atoms with Gasteiger partial charge in [-0.3, -0.25) is 9.48 Å². The molecule has 2 aromatic rings. The molecular weight excluding hydrogens is 314 g/mol. The predicted octanol–water partition coefficient (Wildman–Crippen LogP) is 2.75. The van der Waals surface area contributed by atoms with Crippen LogP contribution >= 0.6 is 0 Å². The topological polar surface area (TPSA) is 66.8 Å². The number of amides is 1. The van der Waals surface area contributed by atoms with Crippen molar-refractivity contribution < 1.29 is 4.79 Å². The smallest absolute Gasteiger partial charge is 0.223 e. The molecule has 0 radical (unpaired) electrons. The number of hydrogen-bond donors (Lipinski definition) is 0. The third kappa shape index (κ3) is 3.32. The van der Waals surface area contributed by atoms with Gasteiger partial charge in [-0.15, -0.1) is 0 Å². The molecule has 1 aliphatic rings. The van der Waals surface area contributed by atoms with E-state index in [0.717, 1.165) is 30.0 Å². The molecular formula is C19H25N5O. The van der Waals surface area contributed by atoms with Crippen molar-refractivity contribution in [3.8, 4) is 6.07 Å². The number of nitriles is 1. The maximum absolute atomic E-state index is 12.8. The second-order valence-corrected chi connectivity index (χ2v) is 6.67. The van der Waals surface area contributed by atoms with Crippen LogP contribution in [0.2, 0.25) is 0 Å². The molecule has 0 spiro atoms. The molecule has 3 rings (SSSR count). The van der Waals surface area contributed by atoms with E-state index in [1.807, 2.05) is 29.5 Å². The maximum atomic E-state index is 12.8. The summed E-state index contributed by atoms with van der Waals surface area (Å²) < 4.78 is 4.11. The number of aryl methyl sites for hydroxylation is 2. The van der Waals surface area contributed by atoms with Crippen molar-refractivity contribution in [3.05, 3.63) is 41.0 Å². The molecule has 132 valence electrons. The van der Waals surface area contributed by atoms with Crippen molar-refractivity contribution in [1.29, 1.82) is 5.26 Å². The van der Waals surface area contributed by atoms with Crippen LogP contribution < -0.4 is 0 Å². The van der Waals surface area contributed by atoms with Gasteiger partial charge in [-0.25, -0.2) is 0 Å². The third-order valence-corrected chi connectivity index (χ3v) is 5.22. The highest BCUT2D eigenvalue weighted by molar-refractivity contribution is 5.77. The van der Waals surface area contributed by atoms with E-state index in [2.05, 4.69) is 34.9 Å². The van der Waals surface area contributed by atoms with E-state index in [4.69, 9.17) is 5.26 Å². The lowest BCUT2D eigenvalue weighted by atomic mass is 10.1.